The number of nitriles is 1. The number of aromatic nitrogens is 2. The van der Waals surface area contributed by atoms with Gasteiger partial charge in [-0.15, -0.1) is 0 Å². The summed E-state index contributed by atoms with van der Waals surface area (Å²) >= 11 is 6.18. The zero-order chi connectivity index (χ0) is 26.8. The quantitative estimate of drug-likeness (QED) is 0.273. The highest BCUT2D eigenvalue weighted by Gasteiger charge is 2.24. The zero-order valence-corrected chi connectivity index (χ0v) is 22.1. The summed E-state index contributed by atoms with van der Waals surface area (Å²) in [4.78, 5) is 22.3. The van der Waals surface area contributed by atoms with Crippen LogP contribution in [0, 0.1) is 11.3 Å². The minimum atomic E-state index is 0.00305. The zero-order valence-electron chi connectivity index (χ0n) is 21.3. The predicted octanol–water partition coefficient (Wildman–Crippen LogP) is 6.15. The van der Waals surface area contributed by atoms with E-state index in [1.165, 1.54) is 0 Å². The Hall–Kier alpha value is -4.44. The number of rotatable bonds is 5. The number of benzene rings is 3. The van der Waals surface area contributed by atoms with Crippen molar-refractivity contribution in [2.75, 3.05) is 26.2 Å². The molecule has 0 saturated carbocycles. The van der Waals surface area contributed by atoms with E-state index in [9.17, 15) is 4.79 Å². The van der Waals surface area contributed by atoms with Gasteiger partial charge in [0.05, 0.1) is 23.0 Å². The number of halogens is 1. The first-order valence-electron chi connectivity index (χ1n) is 12.9. The number of amides is 1. The van der Waals surface area contributed by atoms with Gasteiger partial charge in [0.15, 0.2) is 0 Å². The van der Waals surface area contributed by atoms with E-state index >= 15 is 0 Å². The molecular weight excluding hydrogens is 506 g/mol. The molecule has 3 heterocycles. The largest absolute Gasteiger partial charge is 0.336 e. The molecule has 2 aromatic heterocycles. The maximum Gasteiger partial charge on any atom is 0.253 e. The van der Waals surface area contributed by atoms with Crippen molar-refractivity contribution in [2.24, 2.45) is 0 Å². The first kappa shape index (κ1) is 24.9. The summed E-state index contributed by atoms with van der Waals surface area (Å²) in [5.74, 6) is 0.00305. The lowest BCUT2D eigenvalue weighted by molar-refractivity contribution is 0.0627. The molecule has 1 amide bonds. The Bertz CT molecular complexity index is 1660. The SMILES string of the molecule is N#Cc1ccc(C(=O)N2CCN(Cc3c(-c4ccc(Cl)cc4)nc4ccc(-c5ccccc5)cn34)CC2)cc1. The third kappa shape index (κ3) is 5.15. The second kappa shape index (κ2) is 10.7. The normalized spacial score (nSPS) is 13.9. The molecule has 0 aliphatic carbocycles. The first-order valence-corrected chi connectivity index (χ1v) is 13.3. The number of hydrogen-bond acceptors (Lipinski definition) is 4. The predicted molar refractivity (Wildman–Crippen MR) is 153 cm³/mol. The van der Waals surface area contributed by atoms with E-state index in [0.29, 0.717) is 35.8 Å². The average molecular weight is 532 g/mol. The summed E-state index contributed by atoms with van der Waals surface area (Å²) in [5.41, 5.74) is 7.41. The van der Waals surface area contributed by atoms with E-state index in [2.05, 4.69) is 45.8 Å². The van der Waals surface area contributed by atoms with Crippen LogP contribution < -0.4 is 0 Å². The number of imidazole rings is 1. The number of hydrogen-bond donors (Lipinski definition) is 0. The fraction of sp³-hybridized carbons (Fsp3) is 0.156. The number of piperazine rings is 1. The lowest BCUT2D eigenvalue weighted by atomic mass is 10.1. The Morgan fingerprint density at radius 1 is 0.821 bits per heavy atom. The van der Waals surface area contributed by atoms with Crippen LogP contribution >= 0.6 is 11.6 Å². The molecule has 7 heteroatoms. The third-order valence-corrected chi connectivity index (χ3v) is 7.49. The molecule has 192 valence electrons. The monoisotopic (exact) mass is 531 g/mol. The van der Waals surface area contributed by atoms with Gasteiger partial charge in [0.25, 0.3) is 5.91 Å². The molecule has 39 heavy (non-hydrogen) atoms. The van der Waals surface area contributed by atoms with Crippen molar-refractivity contribution < 1.29 is 4.79 Å². The molecule has 0 radical (unpaired) electrons. The third-order valence-electron chi connectivity index (χ3n) is 7.24. The fourth-order valence-electron chi connectivity index (χ4n) is 5.08. The van der Waals surface area contributed by atoms with Gasteiger partial charge in [-0.3, -0.25) is 9.69 Å². The number of nitrogens with zero attached hydrogens (tertiary/aromatic N) is 5. The highest BCUT2D eigenvalue weighted by Crippen LogP contribution is 2.29. The maximum atomic E-state index is 13.0. The molecule has 1 fully saturated rings. The molecule has 0 N–H and O–H groups in total. The molecule has 1 saturated heterocycles. The van der Waals surface area contributed by atoms with Gasteiger partial charge in [0.1, 0.15) is 5.65 Å². The summed E-state index contributed by atoms with van der Waals surface area (Å²) in [6, 6.07) is 31.3. The highest BCUT2D eigenvalue weighted by molar-refractivity contribution is 6.30. The van der Waals surface area contributed by atoms with Crippen molar-refractivity contribution in [3.05, 3.63) is 119 Å². The van der Waals surface area contributed by atoms with Gasteiger partial charge >= 0.3 is 0 Å². The standard InChI is InChI=1S/C32H26ClN5O/c33-28-13-10-25(11-14-28)31-29(38-21-27(12-15-30(38)35-31)24-4-2-1-3-5-24)22-36-16-18-37(19-17-36)32(39)26-8-6-23(20-34)7-9-26/h1-15,21H,16-19,22H2. The minimum Gasteiger partial charge on any atom is -0.336 e. The number of fused-ring (bicyclic) bond motifs is 1. The van der Waals surface area contributed by atoms with Crippen LogP contribution in [0.25, 0.3) is 28.0 Å². The molecule has 6 nitrogen and oxygen atoms in total. The second-order valence-corrected chi connectivity index (χ2v) is 10.1. The molecule has 0 bridgehead atoms. The lowest BCUT2D eigenvalue weighted by Gasteiger charge is -2.34. The van der Waals surface area contributed by atoms with Gasteiger partial charge in [-0.25, -0.2) is 4.98 Å². The van der Waals surface area contributed by atoms with Crippen molar-refractivity contribution in [2.45, 2.75) is 6.54 Å². The van der Waals surface area contributed by atoms with Crippen LogP contribution in [0.15, 0.2) is 97.2 Å². The smallest absolute Gasteiger partial charge is 0.253 e. The van der Waals surface area contributed by atoms with Crippen LogP contribution in [-0.2, 0) is 6.54 Å². The molecule has 1 aliphatic heterocycles. The van der Waals surface area contributed by atoms with Gasteiger partial charge in [0.2, 0.25) is 0 Å². The van der Waals surface area contributed by atoms with Gasteiger partial charge in [-0.2, -0.15) is 5.26 Å². The Morgan fingerprint density at radius 2 is 1.51 bits per heavy atom. The number of carbonyl (C=O) groups excluding carboxylic acids is 1. The van der Waals surface area contributed by atoms with Gasteiger partial charge < -0.3 is 9.30 Å². The molecule has 1 aliphatic rings. The Morgan fingerprint density at radius 3 is 2.21 bits per heavy atom. The van der Waals surface area contributed by atoms with E-state index < -0.39 is 0 Å². The molecule has 5 aromatic rings. The van der Waals surface area contributed by atoms with E-state index in [0.717, 1.165) is 46.8 Å². The summed E-state index contributed by atoms with van der Waals surface area (Å²) in [7, 11) is 0. The van der Waals surface area contributed by atoms with E-state index in [-0.39, 0.29) is 5.91 Å². The maximum absolute atomic E-state index is 13.0. The van der Waals surface area contributed by atoms with Crippen molar-refractivity contribution in [3.8, 4) is 28.5 Å². The fourth-order valence-corrected chi connectivity index (χ4v) is 5.20. The van der Waals surface area contributed by atoms with Crippen LogP contribution in [0.5, 0.6) is 0 Å². The summed E-state index contributed by atoms with van der Waals surface area (Å²) in [6.07, 6.45) is 2.16. The van der Waals surface area contributed by atoms with Crippen LogP contribution in [0.2, 0.25) is 5.02 Å². The van der Waals surface area contributed by atoms with Gasteiger partial charge in [-0.1, -0.05) is 54.1 Å². The molecule has 6 rings (SSSR count). The van der Waals surface area contributed by atoms with Crippen LogP contribution in [0.4, 0.5) is 0 Å². The Kier molecular flexibility index (Phi) is 6.85. The highest BCUT2D eigenvalue weighted by atomic mass is 35.5. The van der Waals surface area contributed by atoms with Crippen molar-refractivity contribution >= 4 is 23.2 Å². The van der Waals surface area contributed by atoms with Crippen LogP contribution in [-0.4, -0.2) is 51.3 Å². The van der Waals surface area contributed by atoms with Crippen molar-refractivity contribution in [1.82, 2.24) is 19.2 Å². The topological polar surface area (TPSA) is 64.6 Å². The molecule has 0 unspecified atom stereocenters. The summed E-state index contributed by atoms with van der Waals surface area (Å²) in [5, 5.41) is 9.72. The second-order valence-electron chi connectivity index (χ2n) is 9.68. The molecule has 0 atom stereocenters. The average Bonchev–Trinajstić information content (AvgIpc) is 3.35. The van der Waals surface area contributed by atoms with Crippen LogP contribution in [0.3, 0.4) is 0 Å². The van der Waals surface area contributed by atoms with E-state index in [4.69, 9.17) is 21.8 Å². The lowest BCUT2D eigenvalue weighted by Crippen LogP contribution is -2.48. The molecule has 0 spiro atoms. The summed E-state index contributed by atoms with van der Waals surface area (Å²) in [6.45, 7) is 3.50. The van der Waals surface area contributed by atoms with Crippen molar-refractivity contribution in [3.63, 3.8) is 0 Å². The molecule has 3 aromatic carbocycles. The van der Waals surface area contributed by atoms with Gasteiger partial charge in [-0.05, 0) is 59.7 Å². The minimum absolute atomic E-state index is 0.00305. The Balaban J connectivity index is 1.27. The Labute approximate surface area is 232 Å². The first-order chi connectivity index (χ1) is 19.1. The number of pyridine rings is 1. The number of carbonyl (C=O) groups is 1. The molecular formula is C32H26ClN5O. The van der Waals surface area contributed by atoms with E-state index in [1.54, 1.807) is 24.3 Å². The van der Waals surface area contributed by atoms with E-state index in [1.807, 2.05) is 47.4 Å². The van der Waals surface area contributed by atoms with Crippen LogP contribution in [0.1, 0.15) is 21.6 Å². The summed E-state index contributed by atoms with van der Waals surface area (Å²) < 4.78 is 2.19. The van der Waals surface area contributed by atoms with Crippen molar-refractivity contribution in [1.29, 1.82) is 5.26 Å². The van der Waals surface area contributed by atoms with Gasteiger partial charge in [0, 0.05) is 55.1 Å².